The molecule has 0 bridgehead atoms. The minimum atomic E-state index is -0.425. The second kappa shape index (κ2) is 10.3. The van der Waals surface area contributed by atoms with E-state index >= 15 is 0 Å². The number of benzene rings is 3. The van der Waals surface area contributed by atoms with Crippen LogP contribution in [0.4, 0.5) is 0 Å². The summed E-state index contributed by atoms with van der Waals surface area (Å²) >= 11 is 0. The Morgan fingerprint density at radius 3 is 2.24 bits per heavy atom. The summed E-state index contributed by atoms with van der Waals surface area (Å²) in [6.45, 7) is 1.04. The molecule has 0 N–H and O–H groups in total. The van der Waals surface area contributed by atoms with Gasteiger partial charge >= 0.3 is 5.97 Å². The fourth-order valence-electron chi connectivity index (χ4n) is 4.62. The van der Waals surface area contributed by atoms with Crippen LogP contribution in [0.5, 0.6) is 0 Å². The normalized spacial score (nSPS) is 26.8. The summed E-state index contributed by atoms with van der Waals surface area (Å²) in [5.41, 5.74) is 2.65. The van der Waals surface area contributed by atoms with Crippen molar-refractivity contribution in [1.29, 1.82) is 0 Å². The predicted molar refractivity (Wildman–Crippen MR) is 123 cm³/mol. The molecule has 1 heterocycles. The van der Waals surface area contributed by atoms with Gasteiger partial charge in [-0.25, -0.2) is 4.79 Å². The maximum atomic E-state index is 12.7. The van der Waals surface area contributed by atoms with E-state index < -0.39 is 6.29 Å². The first kappa shape index (κ1) is 21.8. The molecule has 2 aliphatic rings. The van der Waals surface area contributed by atoms with Gasteiger partial charge in [0.05, 0.1) is 31.0 Å². The van der Waals surface area contributed by atoms with Crippen LogP contribution in [-0.2, 0) is 25.6 Å². The molecule has 3 aromatic rings. The number of esters is 1. The van der Waals surface area contributed by atoms with E-state index in [1.165, 1.54) is 0 Å². The third-order valence-electron chi connectivity index (χ3n) is 6.35. The molecule has 0 spiro atoms. The summed E-state index contributed by atoms with van der Waals surface area (Å²) in [5, 5.41) is 0. The Labute approximate surface area is 194 Å². The topological polar surface area (TPSA) is 54.0 Å². The van der Waals surface area contributed by atoms with Crippen LogP contribution in [0.25, 0.3) is 0 Å². The second-order valence-electron chi connectivity index (χ2n) is 8.61. The van der Waals surface area contributed by atoms with E-state index in [9.17, 15) is 4.79 Å². The van der Waals surface area contributed by atoms with Gasteiger partial charge in [0.2, 0.25) is 0 Å². The monoisotopic (exact) mass is 444 g/mol. The van der Waals surface area contributed by atoms with Gasteiger partial charge in [0.15, 0.2) is 6.29 Å². The highest BCUT2D eigenvalue weighted by molar-refractivity contribution is 5.89. The van der Waals surface area contributed by atoms with Crippen LogP contribution in [0.2, 0.25) is 0 Å². The molecule has 1 aliphatic heterocycles. The smallest absolute Gasteiger partial charge is 0.338 e. The lowest BCUT2D eigenvalue weighted by Gasteiger charge is -2.45. The SMILES string of the molecule is O=C(O[C@@H]1C[C@@H]2O[C@H](c3ccccc3)OC[C@H]2[C@H](OCc2ccccc2)C1)c1ccccc1. The van der Waals surface area contributed by atoms with Crippen LogP contribution >= 0.6 is 0 Å². The van der Waals surface area contributed by atoms with Crippen molar-refractivity contribution < 1.29 is 23.7 Å². The van der Waals surface area contributed by atoms with E-state index in [0.717, 1.165) is 11.1 Å². The highest BCUT2D eigenvalue weighted by atomic mass is 16.7. The number of ether oxygens (including phenoxy) is 4. The zero-order chi connectivity index (χ0) is 22.5. The van der Waals surface area contributed by atoms with Gasteiger partial charge in [-0.2, -0.15) is 0 Å². The molecule has 0 aromatic heterocycles. The number of hydrogen-bond acceptors (Lipinski definition) is 5. The van der Waals surface area contributed by atoms with Crippen molar-refractivity contribution in [1.82, 2.24) is 0 Å². The van der Waals surface area contributed by atoms with E-state index in [-0.39, 0.29) is 30.2 Å². The minimum absolute atomic E-state index is 0.0837. The molecule has 5 nitrogen and oxygen atoms in total. The average Bonchev–Trinajstić information content (AvgIpc) is 2.88. The Balaban J connectivity index is 1.31. The summed E-state index contributed by atoms with van der Waals surface area (Å²) in [4.78, 5) is 12.7. The van der Waals surface area contributed by atoms with Crippen molar-refractivity contribution >= 4 is 5.97 Å². The molecule has 2 fully saturated rings. The third kappa shape index (κ3) is 5.33. The molecule has 0 unspecified atom stereocenters. The van der Waals surface area contributed by atoms with Crippen LogP contribution in [0.1, 0.15) is 40.6 Å². The summed E-state index contributed by atoms with van der Waals surface area (Å²) in [6, 6.07) is 29.1. The zero-order valence-corrected chi connectivity index (χ0v) is 18.4. The molecule has 5 atom stereocenters. The highest BCUT2D eigenvalue weighted by Gasteiger charge is 2.45. The van der Waals surface area contributed by atoms with Gasteiger partial charge in [0.25, 0.3) is 0 Å². The first-order valence-electron chi connectivity index (χ1n) is 11.5. The number of hydrogen-bond donors (Lipinski definition) is 0. The van der Waals surface area contributed by atoms with Gasteiger partial charge in [-0.1, -0.05) is 78.9 Å². The van der Waals surface area contributed by atoms with Crippen molar-refractivity contribution in [3.8, 4) is 0 Å². The van der Waals surface area contributed by atoms with Crippen molar-refractivity contribution in [2.75, 3.05) is 6.61 Å². The van der Waals surface area contributed by atoms with Gasteiger partial charge < -0.3 is 18.9 Å². The Bertz CT molecular complexity index is 1020. The van der Waals surface area contributed by atoms with Gasteiger partial charge in [-0.3, -0.25) is 0 Å². The molecule has 33 heavy (non-hydrogen) atoms. The fourth-order valence-corrected chi connectivity index (χ4v) is 4.62. The van der Waals surface area contributed by atoms with Crippen LogP contribution < -0.4 is 0 Å². The highest BCUT2D eigenvalue weighted by Crippen LogP contribution is 2.39. The summed E-state index contributed by atoms with van der Waals surface area (Å²) in [5.74, 6) is -0.229. The quantitative estimate of drug-likeness (QED) is 0.482. The van der Waals surface area contributed by atoms with E-state index in [1.54, 1.807) is 12.1 Å². The Kier molecular flexibility index (Phi) is 6.81. The maximum Gasteiger partial charge on any atom is 0.338 e. The number of rotatable bonds is 6. The fraction of sp³-hybridized carbons (Fsp3) is 0.321. The molecule has 1 saturated carbocycles. The van der Waals surface area contributed by atoms with Gasteiger partial charge in [-0.15, -0.1) is 0 Å². The maximum absolute atomic E-state index is 12.7. The van der Waals surface area contributed by atoms with Gasteiger partial charge in [0, 0.05) is 24.3 Å². The molecule has 5 rings (SSSR count). The minimum Gasteiger partial charge on any atom is -0.459 e. The van der Waals surface area contributed by atoms with Crippen LogP contribution in [0.3, 0.4) is 0 Å². The predicted octanol–water partition coefficient (Wildman–Crippen LogP) is 5.32. The molecule has 1 saturated heterocycles. The molecule has 0 radical (unpaired) electrons. The Morgan fingerprint density at radius 2 is 1.52 bits per heavy atom. The lowest BCUT2D eigenvalue weighted by molar-refractivity contribution is -0.276. The first-order chi connectivity index (χ1) is 16.3. The molecule has 1 aliphatic carbocycles. The molecular weight excluding hydrogens is 416 g/mol. The van der Waals surface area contributed by atoms with Crippen LogP contribution in [0, 0.1) is 5.92 Å². The largest absolute Gasteiger partial charge is 0.459 e. The van der Waals surface area contributed by atoms with Crippen LogP contribution in [-0.4, -0.2) is 30.9 Å². The summed E-state index contributed by atoms with van der Waals surface area (Å²) in [6.07, 6.45) is 0.289. The summed E-state index contributed by atoms with van der Waals surface area (Å²) in [7, 11) is 0. The second-order valence-corrected chi connectivity index (χ2v) is 8.61. The number of carbonyl (C=O) groups is 1. The van der Waals surface area contributed by atoms with E-state index in [0.29, 0.717) is 31.6 Å². The number of carbonyl (C=O) groups excluding carboxylic acids is 1. The van der Waals surface area contributed by atoms with E-state index in [2.05, 4.69) is 0 Å². The lowest BCUT2D eigenvalue weighted by Crippen LogP contribution is -2.51. The molecule has 5 heteroatoms. The lowest BCUT2D eigenvalue weighted by atomic mass is 9.81. The van der Waals surface area contributed by atoms with Crippen molar-refractivity contribution in [3.63, 3.8) is 0 Å². The number of fused-ring (bicyclic) bond motifs is 1. The molecule has 170 valence electrons. The van der Waals surface area contributed by atoms with E-state index in [4.69, 9.17) is 18.9 Å². The molecule has 3 aromatic carbocycles. The molecular formula is C28H28O5. The first-order valence-corrected chi connectivity index (χ1v) is 11.5. The van der Waals surface area contributed by atoms with Crippen molar-refractivity contribution in [2.45, 2.75) is 44.1 Å². The summed E-state index contributed by atoms with van der Waals surface area (Å²) < 4.78 is 24.7. The Morgan fingerprint density at radius 1 is 0.848 bits per heavy atom. The molecule has 0 amide bonds. The van der Waals surface area contributed by atoms with Gasteiger partial charge in [-0.05, 0) is 17.7 Å². The van der Waals surface area contributed by atoms with Gasteiger partial charge in [0.1, 0.15) is 6.10 Å². The Hall–Kier alpha value is -2.99. The van der Waals surface area contributed by atoms with Crippen LogP contribution in [0.15, 0.2) is 91.0 Å². The standard InChI is InChI=1S/C28H28O5/c29-27(21-12-6-2-7-13-21)32-23-16-25(30-18-20-10-4-1-5-11-20)24-19-31-28(33-26(24)17-23)22-14-8-3-9-15-22/h1-15,23-26,28H,16-19H2/t23-,24-,25+,26-,28+/m0/s1. The van der Waals surface area contributed by atoms with Crippen molar-refractivity contribution in [3.05, 3.63) is 108 Å². The van der Waals surface area contributed by atoms with E-state index in [1.807, 2.05) is 78.9 Å². The zero-order valence-electron chi connectivity index (χ0n) is 18.4. The third-order valence-corrected chi connectivity index (χ3v) is 6.35. The average molecular weight is 445 g/mol. The van der Waals surface area contributed by atoms with Crippen molar-refractivity contribution in [2.24, 2.45) is 5.92 Å².